The number of pyridine rings is 1. The van der Waals surface area contributed by atoms with E-state index in [1.165, 1.54) is 27.6 Å². The van der Waals surface area contributed by atoms with E-state index in [2.05, 4.69) is 10.3 Å². The lowest BCUT2D eigenvalue weighted by molar-refractivity contribution is 0.0948. The summed E-state index contributed by atoms with van der Waals surface area (Å²) in [6.07, 6.45) is 3.73. The molecule has 1 aromatic heterocycles. The summed E-state index contributed by atoms with van der Waals surface area (Å²) in [6, 6.07) is 8.33. The van der Waals surface area contributed by atoms with Crippen molar-refractivity contribution >= 4 is 15.6 Å². The first-order chi connectivity index (χ1) is 14.7. The normalized spacial score (nSPS) is 21.0. The zero-order valence-corrected chi connectivity index (χ0v) is 19.0. The van der Waals surface area contributed by atoms with Crippen LogP contribution in [0.15, 0.2) is 36.5 Å². The molecule has 0 saturated carbocycles. The van der Waals surface area contributed by atoms with Gasteiger partial charge in [-0.2, -0.15) is 0 Å². The van der Waals surface area contributed by atoms with Gasteiger partial charge >= 0.3 is 0 Å². The minimum absolute atomic E-state index is 0.0242. The molecule has 9 heteroatoms. The predicted octanol–water partition coefficient (Wildman–Crippen LogP) is 2.02. The molecule has 1 saturated heterocycles. The molecule has 1 aliphatic heterocycles. The van der Waals surface area contributed by atoms with Gasteiger partial charge in [-0.15, -0.1) is 0 Å². The lowest BCUT2D eigenvalue weighted by Crippen LogP contribution is -2.32. The van der Waals surface area contributed by atoms with E-state index < -0.39 is 21.3 Å². The lowest BCUT2D eigenvalue weighted by atomic mass is 9.78. The minimum atomic E-state index is -3.16. The zero-order chi connectivity index (χ0) is 22.6. The van der Waals surface area contributed by atoms with Crippen LogP contribution in [0.25, 0.3) is 0 Å². The molecule has 2 aromatic rings. The van der Waals surface area contributed by atoms with Crippen molar-refractivity contribution in [2.24, 2.45) is 0 Å². The van der Waals surface area contributed by atoms with Gasteiger partial charge in [0, 0.05) is 35.7 Å². The molecule has 1 fully saturated rings. The van der Waals surface area contributed by atoms with Crippen LogP contribution in [0.4, 0.5) is 0 Å². The molecule has 0 bridgehead atoms. The van der Waals surface area contributed by atoms with Gasteiger partial charge < -0.3 is 19.5 Å². The predicted molar refractivity (Wildman–Crippen MR) is 117 cm³/mol. The molecule has 3 rings (SSSR count). The maximum atomic E-state index is 13.4. The van der Waals surface area contributed by atoms with Crippen LogP contribution in [-0.4, -0.2) is 65.1 Å². The number of ketones is 1. The Morgan fingerprint density at radius 3 is 2.35 bits per heavy atom. The molecule has 2 heterocycles. The number of aromatic nitrogens is 1. The molecule has 168 valence electrons. The molecule has 0 amide bonds. The summed E-state index contributed by atoms with van der Waals surface area (Å²) in [4.78, 5) is 17.8. The second kappa shape index (κ2) is 9.23. The van der Waals surface area contributed by atoms with Gasteiger partial charge in [0.05, 0.1) is 33.1 Å². The summed E-state index contributed by atoms with van der Waals surface area (Å²) in [5, 5.41) is 3.29. The first-order valence-electron chi connectivity index (χ1n) is 9.90. The van der Waals surface area contributed by atoms with Gasteiger partial charge in [-0.25, -0.2) is 8.42 Å². The zero-order valence-electron chi connectivity index (χ0n) is 18.2. The van der Waals surface area contributed by atoms with Crippen molar-refractivity contribution in [1.82, 2.24) is 10.3 Å². The van der Waals surface area contributed by atoms with E-state index >= 15 is 0 Å². The van der Waals surface area contributed by atoms with Crippen molar-refractivity contribution in [2.45, 2.75) is 24.3 Å². The largest absolute Gasteiger partial charge is 0.493 e. The van der Waals surface area contributed by atoms with Crippen LogP contribution >= 0.6 is 0 Å². The number of carbonyl (C=O) groups is 1. The third kappa shape index (κ3) is 4.99. The molecule has 8 nitrogen and oxygen atoms in total. The summed E-state index contributed by atoms with van der Waals surface area (Å²) in [7, 11) is 1.34. The summed E-state index contributed by atoms with van der Waals surface area (Å²) in [6.45, 7) is 0.459. The van der Waals surface area contributed by atoms with E-state index in [-0.39, 0.29) is 11.5 Å². The smallest absolute Gasteiger partial charge is 0.203 e. The first kappa shape index (κ1) is 23.0. The van der Waals surface area contributed by atoms with Crippen molar-refractivity contribution in [2.75, 3.05) is 39.9 Å². The molecule has 1 aliphatic rings. The van der Waals surface area contributed by atoms with E-state index in [4.69, 9.17) is 14.2 Å². The third-order valence-corrected chi connectivity index (χ3v) is 6.65. The molecule has 1 aromatic carbocycles. The number of benzene rings is 1. The van der Waals surface area contributed by atoms with Crippen LogP contribution < -0.4 is 19.5 Å². The minimum Gasteiger partial charge on any atom is -0.493 e. The van der Waals surface area contributed by atoms with Gasteiger partial charge in [0.15, 0.2) is 17.3 Å². The number of nitrogens with zero attached hydrogens (tertiary/aromatic N) is 1. The van der Waals surface area contributed by atoms with E-state index in [9.17, 15) is 13.2 Å². The number of ether oxygens (including phenoxy) is 3. The van der Waals surface area contributed by atoms with Gasteiger partial charge in [-0.3, -0.25) is 9.78 Å². The highest BCUT2D eigenvalue weighted by Crippen LogP contribution is 2.40. The maximum Gasteiger partial charge on any atom is 0.203 e. The SMILES string of the molecule is COc1cc(C(=O)C2CC(CCS(C)(=O)=O)(c3ccccn3)CN2)cc(OC)c1OC. The number of carbonyl (C=O) groups excluding carboxylic acids is 1. The van der Waals surface area contributed by atoms with Gasteiger partial charge in [0.1, 0.15) is 9.84 Å². The Morgan fingerprint density at radius 1 is 1.16 bits per heavy atom. The van der Waals surface area contributed by atoms with Gasteiger partial charge in [0.2, 0.25) is 5.75 Å². The van der Waals surface area contributed by atoms with Crippen molar-refractivity contribution in [3.05, 3.63) is 47.8 Å². The third-order valence-electron chi connectivity index (χ3n) is 5.71. The van der Waals surface area contributed by atoms with Crippen molar-refractivity contribution in [3.63, 3.8) is 0 Å². The number of rotatable bonds is 9. The molecule has 0 radical (unpaired) electrons. The highest BCUT2D eigenvalue weighted by molar-refractivity contribution is 7.90. The number of sulfone groups is 1. The Kier molecular flexibility index (Phi) is 6.86. The number of nitrogens with one attached hydrogen (secondary N) is 1. The summed E-state index contributed by atoms with van der Waals surface area (Å²) < 4.78 is 39.8. The molecule has 31 heavy (non-hydrogen) atoms. The molecule has 1 N–H and O–H groups in total. The number of hydrogen-bond donors (Lipinski definition) is 1. The monoisotopic (exact) mass is 448 g/mol. The second-order valence-corrected chi connectivity index (χ2v) is 10.1. The quantitative estimate of drug-likeness (QED) is 0.581. The Morgan fingerprint density at radius 2 is 1.84 bits per heavy atom. The van der Waals surface area contributed by atoms with Gasteiger partial charge in [-0.1, -0.05) is 6.07 Å². The topological polar surface area (TPSA) is 104 Å². The van der Waals surface area contributed by atoms with Gasteiger partial charge in [0.25, 0.3) is 0 Å². The summed E-state index contributed by atoms with van der Waals surface area (Å²) in [5.74, 6) is 1.11. The molecular formula is C22H28N2O6S. The summed E-state index contributed by atoms with van der Waals surface area (Å²) in [5.41, 5.74) is 0.656. The van der Waals surface area contributed by atoms with Crippen molar-refractivity contribution in [3.8, 4) is 17.2 Å². The Bertz CT molecular complexity index is 1020. The highest BCUT2D eigenvalue weighted by Gasteiger charge is 2.44. The molecule has 0 aliphatic carbocycles. The van der Waals surface area contributed by atoms with Crippen LogP contribution in [0, 0.1) is 0 Å². The number of hydrogen-bond acceptors (Lipinski definition) is 8. The average molecular weight is 449 g/mol. The van der Waals surface area contributed by atoms with E-state index in [0.717, 1.165) is 5.69 Å². The fourth-order valence-corrected chi connectivity index (χ4v) is 4.80. The van der Waals surface area contributed by atoms with Crippen LogP contribution in [0.3, 0.4) is 0 Å². The number of Topliss-reactive ketones (excluding diaryl/α,β-unsaturated/α-hetero) is 1. The lowest BCUT2D eigenvalue weighted by Gasteiger charge is -2.27. The van der Waals surface area contributed by atoms with Crippen LogP contribution in [-0.2, 0) is 15.3 Å². The molecular weight excluding hydrogens is 420 g/mol. The second-order valence-electron chi connectivity index (χ2n) is 7.79. The summed E-state index contributed by atoms with van der Waals surface area (Å²) >= 11 is 0. The van der Waals surface area contributed by atoms with E-state index in [0.29, 0.717) is 42.2 Å². The Labute approximate surface area is 182 Å². The van der Waals surface area contributed by atoms with E-state index in [1.807, 2.05) is 18.2 Å². The van der Waals surface area contributed by atoms with E-state index in [1.54, 1.807) is 18.3 Å². The van der Waals surface area contributed by atoms with Gasteiger partial charge in [-0.05, 0) is 37.1 Å². The highest BCUT2D eigenvalue weighted by atomic mass is 32.2. The number of methoxy groups -OCH3 is 3. The fraction of sp³-hybridized carbons (Fsp3) is 0.455. The Balaban J connectivity index is 1.92. The first-order valence-corrected chi connectivity index (χ1v) is 12.0. The fourth-order valence-electron chi connectivity index (χ4n) is 4.03. The Hall–Kier alpha value is -2.65. The average Bonchev–Trinajstić information content (AvgIpc) is 3.22. The van der Waals surface area contributed by atoms with Crippen molar-refractivity contribution < 1.29 is 27.4 Å². The van der Waals surface area contributed by atoms with Crippen molar-refractivity contribution in [1.29, 1.82) is 0 Å². The standard InChI is InChI=1S/C22H28N2O6S/c1-28-17-11-15(12-18(29-2)21(17)30-3)20(25)16-13-22(14-24-16,8-10-31(4,26)27)19-7-5-6-9-23-19/h5-7,9,11-12,16,24H,8,10,13-14H2,1-4H3. The van der Waals surface area contributed by atoms with Crippen LogP contribution in [0.2, 0.25) is 0 Å². The molecule has 0 spiro atoms. The van der Waals surface area contributed by atoms with Crippen LogP contribution in [0.1, 0.15) is 28.9 Å². The molecule has 2 unspecified atom stereocenters. The maximum absolute atomic E-state index is 13.4. The van der Waals surface area contributed by atoms with Crippen LogP contribution in [0.5, 0.6) is 17.2 Å². The molecule has 2 atom stereocenters.